The van der Waals surface area contributed by atoms with E-state index >= 15 is 0 Å². The number of hydrogen-bond acceptors (Lipinski definition) is 2. The van der Waals surface area contributed by atoms with Crippen molar-refractivity contribution in [3.63, 3.8) is 0 Å². The Bertz CT molecular complexity index is 610. The van der Waals surface area contributed by atoms with Crippen molar-refractivity contribution in [3.05, 3.63) is 29.3 Å². The van der Waals surface area contributed by atoms with Crippen LogP contribution in [0.4, 0.5) is 4.39 Å². The van der Waals surface area contributed by atoms with Crippen LogP contribution in [0.15, 0.2) is 12.1 Å². The summed E-state index contributed by atoms with van der Waals surface area (Å²) in [4.78, 5) is 4.48. The van der Waals surface area contributed by atoms with Gasteiger partial charge in [-0.1, -0.05) is 6.92 Å². The first-order chi connectivity index (χ1) is 10.0. The molecule has 0 radical (unpaired) electrons. The van der Waals surface area contributed by atoms with Gasteiger partial charge < -0.3 is 9.30 Å². The number of rotatable bonds is 7. The Kier molecular flexibility index (Phi) is 5.59. The maximum absolute atomic E-state index is 13.7. The zero-order valence-electron chi connectivity index (χ0n) is 12.8. The largest absolute Gasteiger partial charge is 0.381 e. The zero-order chi connectivity index (χ0) is 15.4. The first-order valence-electron chi connectivity index (χ1n) is 7.42. The Hall–Kier alpha value is -1.13. The average molecular weight is 313 g/mol. The van der Waals surface area contributed by atoms with Gasteiger partial charge in [-0.2, -0.15) is 0 Å². The van der Waals surface area contributed by atoms with Crippen LogP contribution in [0.25, 0.3) is 11.0 Å². The maximum Gasteiger partial charge on any atom is 0.128 e. The number of ether oxygens (including phenoxy) is 1. The van der Waals surface area contributed by atoms with E-state index in [2.05, 4.69) is 16.5 Å². The Morgan fingerprint density at radius 3 is 2.81 bits per heavy atom. The molecule has 0 aliphatic rings. The van der Waals surface area contributed by atoms with E-state index in [-0.39, 0.29) is 11.2 Å². The van der Waals surface area contributed by atoms with E-state index in [0.717, 1.165) is 37.3 Å². The highest BCUT2D eigenvalue weighted by molar-refractivity contribution is 6.20. The lowest BCUT2D eigenvalue weighted by Gasteiger charge is -2.11. The van der Waals surface area contributed by atoms with E-state index in [0.29, 0.717) is 17.7 Å². The smallest absolute Gasteiger partial charge is 0.128 e. The molecular formula is C16H22ClFN2O. The SMILES string of the molecule is CCCOCCCn1c(C(C)Cl)nc2cc(F)c(C)cc21. The van der Waals surface area contributed by atoms with Crippen molar-refractivity contribution in [1.29, 1.82) is 0 Å². The molecule has 0 saturated heterocycles. The summed E-state index contributed by atoms with van der Waals surface area (Å²) in [6.45, 7) is 8.01. The van der Waals surface area contributed by atoms with E-state index in [1.165, 1.54) is 6.07 Å². The molecule has 3 nitrogen and oxygen atoms in total. The highest BCUT2D eigenvalue weighted by Crippen LogP contribution is 2.26. The molecule has 5 heteroatoms. The molecular weight excluding hydrogens is 291 g/mol. The minimum atomic E-state index is -0.229. The van der Waals surface area contributed by atoms with Crippen molar-refractivity contribution in [3.8, 4) is 0 Å². The lowest BCUT2D eigenvalue weighted by molar-refractivity contribution is 0.129. The molecule has 116 valence electrons. The Labute approximate surface area is 130 Å². The Morgan fingerprint density at radius 2 is 2.14 bits per heavy atom. The molecule has 0 aliphatic heterocycles. The third-order valence-electron chi connectivity index (χ3n) is 3.43. The third kappa shape index (κ3) is 3.74. The van der Waals surface area contributed by atoms with Crippen LogP contribution >= 0.6 is 11.6 Å². The molecule has 0 bridgehead atoms. The first-order valence-corrected chi connectivity index (χ1v) is 7.86. The number of aromatic nitrogens is 2. The summed E-state index contributed by atoms with van der Waals surface area (Å²) in [6, 6.07) is 3.32. The molecule has 1 aromatic carbocycles. The third-order valence-corrected chi connectivity index (χ3v) is 3.63. The molecule has 0 N–H and O–H groups in total. The molecule has 1 atom stereocenters. The summed E-state index contributed by atoms with van der Waals surface area (Å²) >= 11 is 6.21. The van der Waals surface area contributed by atoms with E-state index < -0.39 is 0 Å². The van der Waals surface area contributed by atoms with Gasteiger partial charge in [0.15, 0.2) is 0 Å². The molecule has 0 aliphatic carbocycles. The Balaban J connectivity index is 2.26. The molecule has 0 saturated carbocycles. The van der Waals surface area contributed by atoms with Crippen molar-refractivity contribution < 1.29 is 9.13 Å². The zero-order valence-corrected chi connectivity index (χ0v) is 13.6. The monoisotopic (exact) mass is 312 g/mol. The number of imidazole rings is 1. The predicted molar refractivity (Wildman–Crippen MR) is 84.4 cm³/mol. The van der Waals surface area contributed by atoms with Gasteiger partial charge in [0.1, 0.15) is 11.6 Å². The fraction of sp³-hybridized carbons (Fsp3) is 0.562. The molecule has 1 aromatic heterocycles. The number of hydrogen-bond donors (Lipinski definition) is 0. The quantitative estimate of drug-likeness (QED) is 0.552. The summed E-state index contributed by atoms with van der Waals surface area (Å²) in [5, 5.41) is -0.211. The van der Waals surface area contributed by atoms with Gasteiger partial charge in [0.05, 0.1) is 16.4 Å². The van der Waals surface area contributed by atoms with Gasteiger partial charge >= 0.3 is 0 Å². The van der Waals surface area contributed by atoms with Crippen LogP contribution < -0.4 is 0 Å². The topological polar surface area (TPSA) is 27.1 Å². The standard InChI is InChI=1S/C16H22ClFN2O/c1-4-7-21-8-5-6-20-15-9-11(2)13(18)10-14(15)19-16(20)12(3)17/h9-10,12H,4-8H2,1-3H3. The minimum Gasteiger partial charge on any atom is -0.381 e. The van der Waals surface area contributed by atoms with Crippen molar-refractivity contribution >= 4 is 22.6 Å². The van der Waals surface area contributed by atoms with Gasteiger partial charge in [-0.3, -0.25) is 0 Å². The summed E-state index contributed by atoms with van der Waals surface area (Å²) < 4.78 is 21.3. The van der Waals surface area contributed by atoms with Gasteiger partial charge in [0, 0.05) is 25.8 Å². The summed E-state index contributed by atoms with van der Waals surface area (Å²) in [7, 11) is 0. The molecule has 21 heavy (non-hydrogen) atoms. The second kappa shape index (κ2) is 7.23. The van der Waals surface area contributed by atoms with Gasteiger partial charge in [0.25, 0.3) is 0 Å². The van der Waals surface area contributed by atoms with Crippen molar-refractivity contribution in [2.75, 3.05) is 13.2 Å². The molecule has 0 amide bonds. The number of alkyl halides is 1. The normalized spacial score (nSPS) is 13.0. The van der Waals surface area contributed by atoms with Crippen LogP contribution in [-0.2, 0) is 11.3 Å². The summed E-state index contributed by atoms with van der Waals surface area (Å²) in [5.41, 5.74) is 2.22. The van der Waals surface area contributed by atoms with E-state index in [1.54, 1.807) is 6.92 Å². The molecule has 2 rings (SSSR count). The Morgan fingerprint density at radius 1 is 1.38 bits per heavy atom. The molecule has 2 aromatic rings. The summed E-state index contributed by atoms with van der Waals surface area (Å²) in [5.74, 6) is 0.555. The summed E-state index contributed by atoms with van der Waals surface area (Å²) in [6.07, 6.45) is 1.91. The molecule has 1 unspecified atom stereocenters. The van der Waals surface area contributed by atoms with Crippen molar-refractivity contribution in [2.45, 2.75) is 45.5 Å². The van der Waals surface area contributed by atoms with E-state index in [9.17, 15) is 4.39 Å². The number of halogens is 2. The fourth-order valence-electron chi connectivity index (χ4n) is 2.38. The highest BCUT2D eigenvalue weighted by atomic mass is 35.5. The number of fused-ring (bicyclic) bond motifs is 1. The number of benzene rings is 1. The van der Waals surface area contributed by atoms with Gasteiger partial charge in [0.2, 0.25) is 0 Å². The van der Waals surface area contributed by atoms with Crippen LogP contribution in [0.1, 0.15) is 43.5 Å². The van der Waals surface area contributed by atoms with Crippen LogP contribution in [-0.4, -0.2) is 22.8 Å². The first kappa shape index (κ1) is 16.2. The second-order valence-electron chi connectivity index (χ2n) is 5.29. The average Bonchev–Trinajstić information content (AvgIpc) is 2.77. The molecule has 0 spiro atoms. The van der Waals surface area contributed by atoms with Crippen LogP contribution in [0, 0.1) is 12.7 Å². The van der Waals surface area contributed by atoms with Gasteiger partial charge in [-0.15, -0.1) is 11.6 Å². The van der Waals surface area contributed by atoms with Gasteiger partial charge in [-0.05, 0) is 38.3 Å². The highest BCUT2D eigenvalue weighted by Gasteiger charge is 2.16. The fourth-order valence-corrected chi connectivity index (χ4v) is 2.55. The van der Waals surface area contributed by atoms with Gasteiger partial charge in [-0.25, -0.2) is 9.37 Å². The lowest BCUT2D eigenvalue weighted by Crippen LogP contribution is -2.07. The van der Waals surface area contributed by atoms with Crippen LogP contribution in [0.5, 0.6) is 0 Å². The van der Waals surface area contributed by atoms with Crippen LogP contribution in [0.2, 0.25) is 0 Å². The number of nitrogens with zero attached hydrogens (tertiary/aromatic N) is 2. The van der Waals surface area contributed by atoms with E-state index in [1.807, 2.05) is 13.0 Å². The van der Waals surface area contributed by atoms with Crippen molar-refractivity contribution in [1.82, 2.24) is 9.55 Å². The van der Waals surface area contributed by atoms with E-state index in [4.69, 9.17) is 16.3 Å². The second-order valence-corrected chi connectivity index (χ2v) is 5.95. The molecule has 0 fully saturated rings. The van der Waals surface area contributed by atoms with Crippen molar-refractivity contribution in [2.24, 2.45) is 0 Å². The maximum atomic E-state index is 13.7. The predicted octanol–water partition coefficient (Wildman–Crippen LogP) is 4.60. The minimum absolute atomic E-state index is 0.211. The lowest BCUT2D eigenvalue weighted by atomic mass is 10.2. The number of aryl methyl sites for hydroxylation is 2. The molecule has 1 heterocycles. The van der Waals surface area contributed by atoms with Crippen LogP contribution in [0.3, 0.4) is 0 Å².